The molecule has 4 rings (SSSR count). The van der Waals surface area contributed by atoms with Gasteiger partial charge in [-0.3, -0.25) is 14.7 Å². The van der Waals surface area contributed by atoms with Gasteiger partial charge in [-0.15, -0.1) is 0 Å². The molecular formula is C22H18ClN3O2S. The first-order chi connectivity index (χ1) is 14.1. The van der Waals surface area contributed by atoms with E-state index in [4.69, 9.17) is 21.3 Å². The number of rotatable bonds is 6. The highest BCUT2D eigenvalue weighted by molar-refractivity contribution is 7.22. The van der Waals surface area contributed by atoms with Crippen molar-refractivity contribution < 1.29 is 9.53 Å². The minimum absolute atomic E-state index is 0.0786. The van der Waals surface area contributed by atoms with Crippen molar-refractivity contribution in [3.8, 4) is 5.75 Å². The second-order valence-electron chi connectivity index (χ2n) is 6.50. The summed E-state index contributed by atoms with van der Waals surface area (Å²) in [5, 5.41) is 1.27. The average molecular weight is 424 g/mol. The third-order valence-corrected chi connectivity index (χ3v) is 5.61. The van der Waals surface area contributed by atoms with E-state index in [0.717, 1.165) is 21.3 Å². The van der Waals surface area contributed by atoms with Gasteiger partial charge in [0.05, 0.1) is 16.8 Å². The third-order valence-electron chi connectivity index (χ3n) is 4.37. The van der Waals surface area contributed by atoms with Gasteiger partial charge in [-0.25, -0.2) is 4.98 Å². The lowest BCUT2D eigenvalue weighted by molar-refractivity contribution is -0.120. The second kappa shape index (κ2) is 8.59. The molecular weight excluding hydrogens is 406 g/mol. The highest BCUT2D eigenvalue weighted by Crippen LogP contribution is 2.33. The van der Waals surface area contributed by atoms with E-state index in [2.05, 4.69) is 4.98 Å². The molecule has 0 saturated carbocycles. The number of para-hydroxylation sites is 1. The molecule has 2 aromatic carbocycles. The predicted octanol–water partition coefficient (Wildman–Crippen LogP) is 5.27. The van der Waals surface area contributed by atoms with E-state index in [0.29, 0.717) is 22.4 Å². The quantitative estimate of drug-likeness (QED) is 0.424. The SMILES string of the molecule is Cc1cc(Cl)cc2sc(N(Cc3ccncc3)C(=O)COc3ccccc3)nc12. The second-order valence-corrected chi connectivity index (χ2v) is 7.95. The summed E-state index contributed by atoms with van der Waals surface area (Å²) in [6, 6.07) is 16.8. The van der Waals surface area contributed by atoms with Crippen molar-refractivity contribution in [3.05, 3.63) is 83.1 Å². The van der Waals surface area contributed by atoms with Crippen molar-refractivity contribution in [2.75, 3.05) is 11.5 Å². The van der Waals surface area contributed by atoms with Gasteiger partial charge in [-0.1, -0.05) is 41.1 Å². The van der Waals surface area contributed by atoms with E-state index in [1.54, 1.807) is 17.3 Å². The van der Waals surface area contributed by atoms with Crippen molar-refractivity contribution >= 4 is 44.2 Å². The number of anilines is 1. The van der Waals surface area contributed by atoms with Crippen LogP contribution in [0.5, 0.6) is 5.75 Å². The zero-order chi connectivity index (χ0) is 20.2. The van der Waals surface area contributed by atoms with Gasteiger partial charge in [0.2, 0.25) is 0 Å². The largest absolute Gasteiger partial charge is 0.484 e. The first kappa shape index (κ1) is 19.4. The molecule has 0 atom stereocenters. The third kappa shape index (κ3) is 4.55. The Balaban J connectivity index is 1.64. The smallest absolute Gasteiger partial charge is 0.267 e. The molecule has 0 bridgehead atoms. The van der Waals surface area contributed by atoms with Gasteiger partial charge in [0, 0.05) is 17.4 Å². The lowest BCUT2D eigenvalue weighted by Crippen LogP contribution is -2.34. The van der Waals surface area contributed by atoms with Crippen LogP contribution in [0.15, 0.2) is 67.0 Å². The van der Waals surface area contributed by atoms with Crippen LogP contribution in [0.25, 0.3) is 10.2 Å². The number of halogens is 1. The van der Waals surface area contributed by atoms with Crippen LogP contribution in [0.4, 0.5) is 5.13 Å². The molecule has 4 aromatic rings. The number of ether oxygens (including phenoxy) is 1. The lowest BCUT2D eigenvalue weighted by Gasteiger charge is -2.20. The molecule has 0 spiro atoms. The van der Waals surface area contributed by atoms with E-state index in [1.807, 2.05) is 61.5 Å². The number of hydrogen-bond donors (Lipinski definition) is 0. The van der Waals surface area contributed by atoms with Crippen LogP contribution in [0, 0.1) is 6.92 Å². The summed E-state index contributed by atoms with van der Waals surface area (Å²) in [6.07, 6.45) is 3.42. The fraction of sp³-hybridized carbons (Fsp3) is 0.136. The summed E-state index contributed by atoms with van der Waals surface area (Å²) in [5.74, 6) is 0.477. The van der Waals surface area contributed by atoms with Gasteiger partial charge in [-0.05, 0) is 54.4 Å². The molecule has 29 heavy (non-hydrogen) atoms. The lowest BCUT2D eigenvalue weighted by atomic mass is 10.2. The first-order valence-corrected chi connectivity index (χ1v) is 10.2. The summed E-state index contributed by atoms with van der Waals surface area (Å²) < 4.78 is 6.62. The van der Waals surface area contributed by atoms with Crippen molar-refractivity contribution in [1.82, 2.24) is 9.97 Å². The van der Waals surface area contributed by atoms with Gasteiger partial charge in [-0.2, -0.15) is 0 Å². The number of amides is 1. The topological polar surface area (TPSA) is 55.3 Å². The van der Waals surface area contributed by atoms with Crippen LogP contribution in [-0.2, 0) is 11.3 Å². The Morgan fingerprint density at radius 3 is 2.66 bits per heavy atom. The number of carbonyl (C=O) groups is 1. The normalized spacial score (nSPS) is 10.8. The molecule has 0 aliphatic heterocycles. The van der Waals surface area contributed by atoms with Gasteiger partial charge in [0.25, 0.3) is 5.91 Å². The molecule has 0 radical (unpaired) electrons. The fourth-order valence-electron chi connectivity index (χ4n) is 2.93. The summed E-state index contributed by atoms with van der Waals surface area (Å²) in [5.41, 5.74) is 2.79. The van der Waals surface area contributed by atoms with Crippen LogP contribution in [-0.4, -0.2) is 22.5 Å². The Labute approximate surface area is 177 Å². The summed E-state index contributed by atoms with van der Waals surface area (Å²) >= 11 is 7.64. The Morgan fingerprint density at radius 1 is 1.14 bits per heavy atom. The predicted molar refractivity (Wildman–Crippen MR) is 117 cm³/mol. The van der Waals surface area contributed by atoms with Crippen molar-refractivity contribution in [3.63, 3.8) is 0 Å². The summed E-state index contributed by atoms with van der Waals surface area (Å²) in [6.45, 7) is 2.27. The number of pyridine rings is 1. The first-order valence-electron chi connectivity index (χ1n) is 9.04. The number of benzene rings is 2. The molecule has 2 heterocycles. The molecule has 2 aromatic heterocycles. The maximum atomic E-state index is 13.1. The number of hydrogen-bond acceptors (Lipinski definition) is 5. The molecule has 146 valence electrons. The highest BCUT2D eigenvalue weighted by atomic mass is 35.5. The minimum Gasteiger partial charge on any atom is -0.484 e. The Bertz CT molecular complexity index is 1130. The molecule has 7 heteroatoms. The molecule has 1 amide bonds. The van der Waals surface area contributed by atoms with Crippen LogP contribution in [0.2, 0.25) is 5.02 Å². The molecule has 0 aliphatic carbocycles. The zero-order valence-corrected chi connectivity index (χ0v) is 17.3. The van der Waals surface area contributed by atoms with E-state index < -0.39 is 0 Å². The van der Waals surface area contributed by atoms with Gasteiger partial charge < -0.3 is 4.74 Å². The van der Waals surface area contributed by atoms with E-state index in [9.17, 15) is 4.79 Å². The van der Waals surface area contributed by atoms with Crippen molar-refractivity contribution in [2.24, 2.45) is 0 Å². The number of carbonyl (C=O) groups excluding carboxylic acids is 1. The molecule has 0 unspecified atom stereocenters. The maximum absolute atomic E-state index is 13.1. The van der Waals surface area contributed by atoms with Crippen LogP contribution in [0.3, 0.4) is 0 Å². The van der Waals surface area contributed by atoms with Crippen molar-refractivity contribution in [2.45, 2.75) is 13.5 Å². The Kier molecular flexibility index (Phi) is 5.74. The van der Waals surface area contributed by atoms with Crippen LogP contribution >= 0.6 is 22.9 Å². The van der Waals surface area contributed by atoms with Gasteiger partial charge in [0.15, 0.2) is 11.7 Å². The summed E-state index contributed by atoms with van der Waals surface area (Å²) in [7, 11) is 0. The average Bonchev–Trinajstić information content (AvgIpc) is 3.16. The molecule has 0 saturated heterocycles. The van der Waals surface area contributed by atoms with E-state index >= 15 is 0 Å². The number of aromatic nitrogens is 2. The summed E-state index contributed by atoms with van der Waals surface area (Å²) in [4.78, 5) is 23.5. The molecule has 0 fully saturated rings. The zero-order valence-electron chi connectivity index (χ0n) is 15.7. The van der Waals surface area contributed by atoms with Gasteiger partial charge in [0.1, 0.15) is 5.75 Å². The standard InChI is InChI=1S/C22H18ClN3O2S/c1-15-11-17(23)12-19-21(15)25-22(29-19)26(13-16-7-9-24-10-8-16)20(27)14-28-18-5-3-2-4-6-18/h2-12H,13-14H2,1H3. The fourth-order valence-corrected chi connectivity index (χ4v) is 4.37. The van der Waals surface area contributed by atoms with E-state index in [1.165, 1.54) is 11.3 Å². The van der Waals surface area contributed by atoms with Gasteiger partial charge >= 0.3 is 0 Å². The number of nitrogens with zero attached hydrogens (tertiary/aromatic N) is 3. The highest BCUT2D eigenvalue weighted by Gasteiger charge is 2.21. The molecule has 0 N–H and O–H groups in total. The van der Waals surface area contributed by atoms with E-state index in [-0.39, 0.29) is 12.5 Å². The molecule has 0 aliphatic rings. The minimum atomic E-state index is -0.173. The van der Waals surface area contributed by atoms with Crippen LogP contribution in [0.1, 0.15) is 11.1 Å². The maximum Gasteiger partial charge on any atom is 0.267 e. The monoisotopic (exact) mass is 423 g/mol. The number of thiazole rings is 1. The van der Waals surface area contributed by atoms with Crippen molar-refractivity contribution in [1.29, 1.82) is 0 Å². The Hall–Kier alpha value is -2.96. The number of fused-ring (bicyclic) bond motifs is 1. The number of aryl methyl sites for hydroxylation is 1. The Morgan fingerprint density at radius 2 is 1.90 bits per heavy atom. The molecule has 5 nitrogen and oxygen atoms in total. The van der Waals surface area contributed by atoms with Crippen LogP contribution < -0.4 is 9.64 Å².